The molecule has 1 aromatic carbocycles. The van der Waals surface area contributed by atoms with Crippen LogP contribution < -0.4 is 15.4 Å². The minimum Gasteiger partial charge on any atom is -0.444 e. The summed E-state index contributed by atoms with van der Waals surface area (Å²) in [6.07, 6.45) is 5.73. The van der Waals surface area contributed by atoms with E-state index in [1.165, 1.54) is 10.5 Å². The summed E-state index contributed by atoms with van der Waals surface area (Å²) in [5.74, 6) is -2.39. The van der Waals surface area contributed by atoms with Gasteiger partial charge in [-0.25, -0.2) is 18.0 Å². The first-order chi connectivity index (χ1) is 24.6. The van der Waals surface area contributed by atoms with Gasteiger partial charge in [-0.2, -0.15) is 0 Å². The summed E-state index contributed by atoms with van der Waals surface area (Å²) in [6, 6.07) is 5.70. The van der Waals surface area contributed by atoms with Gasteiger partial charge in [0.2, 0.25) is 21.8 Å². The zero-order valence-corrected chi connectivity index (χ0v) is 31.2. The number of ether oxygens (including phenoxy) is 2. The van der Waals surface area contributed by atoms with Gasteiger partial charge in [-0.3, -0.25) is 19.1 Å². The van der Waals surface area contributed by atoms with Crippen molar-refractivity contribution in [2.24, 2.45) is 5.92 Å². The Bertz CT molecular complexity index is 1720. The van der Waals surface area contributed by atoms with Crippen LogP contribution in [0.1, 0.15) is 103 Å². The molecule has 3 fully saturated rings. The summed E-state index contributed by atoms with van der Waals surface area (Å²) in [4.78, 5) is 71.6. The molecule has 1 saturated heterocycles. The third-order valence-corrected chi connectivity index (χ3v) is 12.3. The standard InChI is InChI=1S/C37H51N5O9S/c1-23-20-41(21-24-12-10-11-14-28(23)24)35(47)50-26-18-30-31(43)39-37(33(45)40-52(48,49)27-16-17-27)19-25(37)13-8-6-5-7-9-15-29(32(44)42(30)22-26)38-34(46)51-36(2,3)4/h8,10-14,23,25-27,29-30H,5-7,9,15-22H2,1-4H3,(H,38,46)(H,39,43)(H,40,45)/b13-8-/t23-,25-,26+,29-,30-,37+/m0/s1. The molecule has 2 saturated carbocycles. The van der Waals surface area contributed by atoms with E-state index < -0.39 is 80.4 Å². The molecule has 52 heavy (non-hydrogen) atoms. The van der Waals surface area contributed by atoms with E-state index in [0.29, 0.717) is 38.8 Å². The monoisotopic (exact) mass is 741 g/mol. The zero-order chi connectivity index (χ0) is 37.4. The van der Waals surface area contributed by atoms with E-state index in [0.717, 1.165) is 18.4 Å². The van der Waals surface area contributed by atoms with Crippen molar-refractivity contribution in [2.75, 3.05) is 13.1 Å². The first kappa shape index (κ1) is 37.6. The molecule has 0 spiro atoms. The molecule has 6 atom stereocenters. The molecule has 0 bridgehead atoms. The second-order valence-electron chi connectivity index (χ2n) is 15.9. The lowest BCUT2D eigenvalue weighted by atomic mass is 9.91. The fourth-order valence-electron chi connectivity index (χ4n) is 7.51. The Kier molecular flexibility index (Phi) is 10.6. The molecular weight excluding hydrogens is 690 g/mol. The molecule has 3 N–H and O–H groups in total. The number of nitrogens with zero attached hydrogens (tertiary/aromatic N) is 2. The fourth-order valence-corrected chi connectivity index (χ4v) is 8.88. The van der Waals surface area contributed by atoms with Crippen molar-refractivity contribution in [3.63, 3.8) is 0 Å². The van der Waals surface area contributed by atoms with Gasteiger partial charge in [0, 0.05) is 25.4 Å². The Hall–Kier alpha value is -4.14. The van der Waals surface area contributed by atoms with E-state index in [2.05, 4.69) is 15.4 Å². The van der Waals surface area contributed by atoms with Gasteiger partial charge in [0.25, 0.3) is 5.91 Å². The van der Waals surface area contributed by atoms with Crippen molar-refractivity contribution in [1.29, 1.82) is 0 Å². The third kappa shape index (κ3) is 8.56. The number of allylic oxidation sites excluding steroid dienone is 1. The van der Waals surface area contributed by atoms with Crippen LogP contribution in [-0.4, -0.2) is 95.8 Å². The molecule has 284 valence electrons. The van der Waals surface area contributed by atoms with Crippen LogP contribution in [0.3, 0.4) is 0 Å². The summed E-state index contributed by atoms with van der Waals surface area (Å²) >= 11 is 0. The summed E-state index contributed by atoms with van der Waals surface area (Å²) in [7, 11) is -3.90. The van der Waals surface area contributed by atoms with Crippen LogP contribution in [0, 0.1) is 5.92 Å². The number of benzene rings is 1. The molecule has 5 amide bonds. The average molecular weight is 742 g/mol. The van der Waals surface area contributed by atoms with Gasteiger partial charge in [0.1, 0.15) is 29.3 Å². The molecule has 1 aromatic rings. The lowest BCUT2D eigenvalue weighted by molar-refractivity contribution is -0.141. The van der Waals surface area contributed by atoms with Gasteiger partial charge in [-0.05, 0) is 76.3 Å². The van der Waals surface area contributed by atoms with E-state index in [1.807, 2.05) is 43.3 Å². The lowest BCUT2D eigenvalue weighted by Gasteiger charge is -2.33. The number of alkyl carbamates (subject to hydrolysis) is 1. The summed E-state index contributed by atoms with van der Waals surface area (Å²) in [5.41, 5.74) is -0.155. The van der Waals surface area contributed by atoms with Crippen molar-refractivity contribution in [3.05, 3.63) is 47.5 Å². The van der Waals surface area contributed by atoms with E-state index in [1.54, 1.807) is 25.7 Å². The largest absolute Gasteiger partial charge is 0.444 e. The van der Waals surface area contributed by atoms with Crippen LogP contribution in [0.4, 0.5) is 9.59 Å². The molecule has 5 aliphatic rings. The highest BCUT2D eigenvalue weighted by molar-refractivity contribution is 7.91. The van der Waals surface area contributed by atoms with Gasteiger partial charge < -0.3 is 29.9 Å². The number of carbonyl (C=O) groups excluding carboxylic acids is 5. The van der Waals surface area contributed by atoms with Gasteiger partial charge in [-0.15, -0.1) is 0 Å². The van der Waals surface area contributed by atoms with Crippen LogP contribution in [0.25, 0.3) is 0 Å². The maximum absolute atomic E-state index is 14.4. The zero-order valence-electron chi connectivity index (χ0n) is 30.4. The average Bonchev–Trinajstić information content (AvgIpc) is 3.99. The first-order valence-electron chi connectivity index (χ1n) is 18.4. The second kappa shape index (κ2) is 14.7. The van der Waals surface area contributed by atoms with Crippen LogP contribution in [-0.2, 0) is 40.4 Å². The summed E-state index contributed by atoms with van der Waals surface area (Å²) < 4.78 is 39.2. The molecule has 0 radical (unpaired) electrons. The van der Waals surface area contributed by atoms with Crippen molar-refractivity contribution >= 4 is 39.9 Å². The molecule has 2 aliphatic carbocycles. The number of rotatable bonds is 5. The van der Waals surface area contributed by atoms with Crippen LogP contribution in [0.15, 0.2) is 36.4 Å². The second-order valence-corrected chi connectivity index (χ2v) is 17.9. The quantitative estimate of drug-likeness (QED) is 0.380. The van der Waals surface area contributed by atoms with Gasteiger partial charge in [0.15, 0.2) is 0 Å². The smallest absolute Gasteiger partial charge is 0.410 e. The van der Waals surface area contributed by atoms with Gasteiger partial charge in [-0.1, -0.05) is 56.2 Å². The maximum Gasteiger partial charge on any atom is 0.410 e. The number of hydrogen-bond acceptors (Lipinski definition) is 9. The van der Waals surface area contributed by atoms with Crippen LogP contribution in [0.2, 0.25) is 0 Å². The van der Waals surface area contributed by atoms with E-state index >= 15 is 0 Å². The number of nitrogens with one attached hydrogen (secondary N) is 3. The fraction of sp³-hybridized carbons (Fsp3) is 0.649. The Morgan fingerprint density at radius 2 is 1.77 bits per heavy atom. The molecule has 3 heterocycles. The number of hydrogen-bond donors (Lipinski definition) is 3. The molecule has 15 heteroatoms. The Balaban J connectivity index is 1.25. The Morgan fingerprint density at radius 3 is 2.50 bits per heavy atom. The summed E-state index contributed by atoms with van der Waals surface area (Å²) in [5, 5.41) is 4.90. The van der Waals surface area contributed by atoms with Gasteiger partial charge >= 0.3 is 12.2 Å². The number of fused-ring (bicyclic) bond motifs is 3. The molecule has 0 aromatic heterocycles. The number of sulfonamides is 1. The minimum absolute atomic E-state index is 0.0545. The molecular formula is C37H51N5O9S. The summed E-state index contributed by atoms with van der Waals surface area (Å²) in [6.45, 7) is 7.86. The normalized spacial score (nSPS) is 30.3. The highest BCUT2D eigenvalue weighted by atomic mass is 32.2. The molecule has 14 nitrogen and oxygen atoms in total. The molecule has 3 aliphatic heterocycles. The SMILES string of the molecule is C[C@H]1CN(C(=O)O[C@@H]2C[C@H]3C(=O)N[C@]4(C(=O)NS(=O)(=O)C5CC5)C[C@@H]4/C=C\CCCCC[C@H](NC(=O)OC(C)(C)C)C(=O)N3C2)Cc2ccccc21. The number of amides is 5. The van der Waals surface area contributed by atoms with E-state index in [-0.39, 0.29) is 31.7 Å². The highest BCUT2D eigenvalue weighted by Crippen LogP contribution is 2.46. The Labute approximate surface area is 305 Å². The lowest BCUT2D eigenvalue weighted by Crippen LogP contribution is -2.58. The number of carbonyl (C=O) groups is 5. The van der Waals surface area contributed by atoms with Crippen molar-refractivity contribution in [1.82, 2.24) is 25.2 Å². The predicted octanol–water partition coefficient (Wildman–Crippen LogP) is 3.61. The maximum atomic E-state index is 14.4. The van der Waals surface area contributed by atoms with E-state index in [4.69, 9.17) is 9.47 Å². The van der Waals surface area contributed by atoms with Crippen molar-refractivity contribution < 1.29 is 41.9 Å². The van der Waals surface area contributed by atoms with E-state index in [9.17, 15) is 32.4 Å². The predicted molar refractivity (Wildman–Crippen MR) is 190 cm³/mol. The third-order valence-electron chi connectivity index (χ3n) is 10.5. The van der Waals surface area contributed by atoms with Crippen LogP contribution >= 0.6 is 0 Å². The van der Waals surface area contributed by atoms with Crippen LogP contribution in [0.5, 0.6) is 0 Å². The first-order valence-corrected chi connectivity index (χ1v) is 20.0. The molecule has 6 rings (SSSR count). The minimum atomic E-state index is -3.90. The highest BCUT2D eigenvalue weighted by Gasteiger charge is 2.62. The van der Waals surface area contributed by atoms with Gasteiger partial charge in [0.05, 0.1) is 11.8 Å². The van der Waals surface area contributed by atoms with Crippen molar-refractivity contribution in [3.8, 4) is 0 Å². The Morgan fingerprint density at radius 1 is 1.02 bits per heavy atom. The van der Waals surface area contributed by atoms with Crippen molar-refractivity contribution in [2.45, 2.75) is 133 Å². The topological polar surface area (TPSA) is 181 Å². The molecule has 0 unspecified atom stereocenters.